The molecule has 1 fully saturated rings. The van der Waals surface area contributed by atoms with E-state index in [0.29, 0.717) is 30.5 Å². The number of likely N-dealkylation sites (tertiary alicyclic amines) is 1. The van der Waals surface area contributed by atoms with Crippen molar-refractivity contribution in [3.63, 3.8) is 0 Å². The fourth-order valence-electron chi connectivity index (χ4n) is 4.59. The summed E-state index contributed by atoms with van der Waals surface area (Å²) in [7, 11) is 3.74. The Bertz CT molecular complexity index is 1010. The van der Waals surface area contributed by atoms with Crippen LogP contribution in [0, 0.1) is 12.8 Å². The maximum Gasteiger partial charge on any atom is 0.310 e. The molecule has 1 saturated heterocycles. The van der Waals surface area contributed by atoms with Crippen molar-refractivity contribution in [2.45, 2.75) is 58.4 Å². The van der Waals surface area contributed by atoms with Crippen LogP contribution >= 0.6 is 0 Å². The third-order valence-corrected chi connectivity index (χ3v) is 6.81. The van der Waals surface area contributed by atoms with Crippen molar-refractivity contribution >= 4 is 17.7 Å². The first-order chi connectivity index (χ1) is 17.3. The van der Waals surface area contributed by atoms with Crippen LogP contribution in [0.3, 0.4) is 0 Å². The molecule has 1 aromatic heterocycles. The van der Waals surface area contributed by atoms with Crippen molar-refractivity contribution < 1.29 is 19.4 Å². The number of nitrogen functional groups attached to an aromatic ring is 1. The smallest absolute Gasteiger partial charge is 0.310 e. The monoisotopic (exact) mass is 499 g/mol. The van der Waals surface area contributed by atoms with E-state index in [2.05, 4.69) is 34.2 Å². The van der Waals surface area contributed by atoms with Gasteiger partial charge in [0.05, 0.1) is 32.8 Å². The van der Waals surface area contributed by atoms with Gasteiger partial charge in [0, 0.05) is 17.7 Å². The number of rotatable bonds is 12. The number of carbonyl (C=O) groups excluding carboxylic acids is 1. The molecule has 36 heavy (non-hydrogen) atoms. The second-order valence-corrected chi connectivity index (χ2v) is 9.74. The molecule has 2 aromatic rings. The molecule has 0 aliphatic carbocycles. The molecule has 4 N–H and O–H groups in total. The van der Waals surface area contributed by atoms with Gasteiger partial charge in [0.15, 0.2) is 0 Å². The number of nitrogens with two attached hydrogens (primary N) is 1. The lowest BCUT2D eigenvalue weighted by Gasteiger charge is -2.28. The minimum absolute atomic E-state index is 0.00213. The maximum atomic E-state index is 12.5. The molecule has 1 aromatic carbocycles. The summed E-state index contributed by atoms with van der Waals surface area (Å²) in [5, 5.41) is 13.1. The quantitative estimate of drug-likeness (QED) is 0.378. The summed E-state index contributed by atoms with van der Waals surface area (Å²) in [5.74, 6) is 1.72. The van der Waals surface area contributed by atoms with Gasteiger partial charge in [0.1, 0.15) is 11.6 Å². The summed E-state index contributed by atoms with van der Waals surface area (Å²) in [4.78, 5) is 23.5. The molecule has 2 heterocycles. The number of anilines is 2. The molecular formula is C27H41N5O4. The molecular weight excluding hydrogens is 458 g/mol. The van der Waals surface area contributed by atoms with Crippen LogP contribution in [0.2, 0.25) is 0 Å². The SMILES string of the molecule is CCCC(CO)Nc1nc(N)nc(C)c1Cc1ccc(CC(=O)OCC2CCN(C)CC2)cc1OC. The van der Waals surface area contributed by atoms with Crippen LogP contribution in [0.5, 0.6) is 5.75 Å². The van der Waals surface area contributed by atoms with E-state index in [1.54, 1.807) is 7.11 Å². The minimum atomic E-state index is -0.219. The predicted molar refractivity (Wildman–Crippen MR) is 141 cm³/mol. The highest BCUT2D eigenvalue weighted by Crippen LogP contribution is 2.28. The predicted octanol–water partition coefficient (Wildman–Crippen LogP) is 2.97. The van der Waals surface area contributed by atoms with Crippen LogP contribution in [-0.2, 0) is 22.4 Å². The van der Waals surface area contributed by atoms with Gasteiger partial charge in [-0.05, 0) is 69.4 Å². The average Bonchev–Trinajstić information content (AvgIpc) is 2.86. The number of nitrogens with one attached hydrogen (secondary N) is 1. The van der Waals surface area contributed by atoms with Gasteiger partial charge in [-0.25, -0.2) is 4.98 Å². The summed E-state index contributed by atoms with van der Waals surface area (Å²) in [6.07, 6.45) is 4.59. The summed E-state index contributed by atoms with van der Waals surface area (Å²) >= 11 is 0. The third kappa shape index (κ3) is 7.80. The first kappa shape index (κ1) is 27.7. The van der Waals surface area contributed by atoms with Gasteiger partial charge in [-0.3, -0.25) is 4.79 Å². The van der Waals surface area contributed by atoms with E-state index in [1.165, 1.54) is 0 Å². The van der Waals surface area contributed by atoms with Crippen LogP contribution < -0.4 is 15.8 Å². The number of hydrogen-bond donors (Lipinski definition) is 3. The topological polar surface area (TPSA) is 123 Å². The van der Waals surface area contributed by atoms with Crippen LogP contribution in [0.4, 0.5) is 11.8 Å². The largest absolute Gasteiger partial charge is 0.496 e. The van der Waals surface area contributed by atoms with Gasteiger partial charge >= 0.3 is 5.97 Å². The molecule has 9 heteroatoms. The van der Waals surface area contributed by atoms with Crippen molar-refractivity contribution in [2.24, 2.45) is 5.92 Å². The Morgan fingerprint density at radius 2 is 2.06 bits per heavy atom. The van der Waals surface area contributed by atoms with Crippen LogP contribution in [0.15, 0.2) is 18.2 Å². The molecule has 0 radical (unpaired) electrons. The van der Waals surface area contributed by atoms with Gasteiger partial charge < -0.3 is 30.5 Å². The number of aliphatic hydroxyl groups is 1. The molecule has 0 bridgehead atoms. The molecule has 198 valence electrons. The normalized spacial score (nSPS) is 15.5. The number of aromatic nitrogens is 2. The van der Waals surface area contributed by atoms with Gasteiger partial charge in [0.25, 0.3) is 0 Å². The number of nitrogens with zero attached hydrogens (tertiary/aromatic N) is 3. The summed E-state index contributed by atoms with van der Waals surface area (Å²) in [6, 6.07) is 5.67. The van der Waals surface area contributed by atoms with Gasteiger partial charge in [0.2, 0.25) is 5.95 Å². The Kier molecular flexibility index (Phi) is 10.3. The number of piperidine rings is 1. The second-order valence-electron chi connectivity index (χ2n) is 9.74. The molecule has 9 nitrogen and oxygen atoms in total. The lowest BCUT2D eigenvalue weighted by Crippen LogP contribution is -2.32. The first-order valence-electron chi connectivity index (χ1n) is 12.8. The van der Waals surface area contributed by atoms with Gasteiger partial charge in [-0.1, -0.05) is 25.5 Å². The summed E-state index contributed by atoms with van der Waals surface area (Å²) in [6.45, 7) is 6.56. The Morgan fingerprint density at radius 3 is 2.72 bits per heavy atom. The fraction of sp³-hybridized carbons (Fsp3) is 0.593. The Labute approximate surface area is 214 Å². The highest BCUT2D eigenvalue weighted by molar-refractivity contribution is 5.73. The van der Waals surface area contributed by atoms with E-state index in [-0.39, 0.29) is 31.0 Å². The van der Waals surface area contributed by atoms with Gasteiger partial charge in [-0.15, -0.1) is 0 Å². The van der Waals surface area contributed by atoms with Crippen LogP contribution in [0.25, 0.3) is 0 Å². The van der Waals surface area contributed by atoms with Crippen LogP contribution in [-0.4, -0.2) is 72.4 Å². The zero-order valence-corrected chi connectivity index (χ0v) is 22.0. The van der Waals surface area contributed by atoms with E-state index in [9.17, 15) is 9.90 Å². The molecule has 1 aliphatic heterocycles. The molecule has 0 saturated carbocycles. The van der Waals surface area contributed by atoms with E-state index >= 15 is 0 Å². The average molecular weight is 500 g/mol. The molecule has 3 rings (SSSR count). The fourth-order valence-corrected chi connectivity index (χ4v) is 4.59. The van der Waals surface area contributed by atoms with Crippen molar-refractivity contribution in [3.8, 4) is 5.75 Å². The van der Waals surface area contributed by atoms with E-state index < -0.39 is 0 Å². The van der Waals surface area contributed by atoms with Crippen molar-refractivity contribution in [2.75, 3.05) is 51.5 Å². The number of aliphatic hydroxyl groups excluding tert-OH is 1. The second kappa shape index (κ2) is 13.4. The minimum Gasteiger partial charge on any atom is -0.496 e. The number of benzene rings is 1. The number of aryl methyl sites for hydroxylation is 1. The highest BCUT2D eigenvalue weighted by atomic mass is 16.5. The molecule has 0 spiro atoms. The molecule has 0 amide bonds. The number of carbonyl (C=O) groups is 1. The number of methoxy groups -OCH3 is 1. The molecule has 1 atom stereocenters. The van der Waals surface area contributed by atoms with Crippen molar-refractivity contribution in [1.82, 2.24) is 14.9 Å². The lowest BCUT2D eigenvalue weighted by molar-refractivity contribution is -0.144. The number of hydrogen-bond acceptors (Lipinski definition) is 9. The Hall–Kier alpha value is -2.91. The molecule has 1 unspecified atom stereocenters. The van der Waals surface area contributed by atoms with E-state index in [1.807, 2.05) is 25.1 Å². The maximum absolute atomic E-state index is 12.5. The Morgan fingerprint density at radius 1 is 1.31 bits per heavy atom. The number of ether oxygens (including phenoxy) is 2. The standard InChI is InChI=1S/C27H41N5O4/c1-5-6-22(16-33)30-26-23(18(2)29-27(28)31-26)15-21-8-7-20(13-24(21)35-4)14-25(34)36-17-19-9-11-32(3)12-10-19/h7-8,13,19,22,33H,5-6,9-12,14-17H2,1-4H3,(H3,28,29,30,31). The summed E-state index contributed by atoms with van der Waals surface area (Å²) in [5.41, 5.74) is 9.36. The van der Waals surface area contributed by atoms with Crippen molar-refractivity contribution in [1.29, 1.82) is 0 Å². The van der Waals surface area contributed by atoms with Crippen LogP contribution in [0.1, 0.15) is 55.0 Å². The zero-order valence-electron chi connectivity index (χ0n) is 22.0. The van der Waals surface area contributed by atoms with E-state index in [4.69, 9.17) is 15.2 Å². The first-order valence-corrected chi connectivity index (χ1v) is 12.8. The third-order valence-electron chi connectivity index (χ3n) is 6.81. The van der Waals surface area contributed by atoms with E-state index in [0.717, 1.165) is 61.2 Å². The number of esters is 1. The zero-order chi connectivity index (χ0) is 26.1. The lowest BCUT2D eigenvalue weighted by atomic mass is 9.98. The highest BCUT2D eigenvalue weighted by Gasteiger charge is 2.20. The Balaban J connectivity index is 1.69. The van der Waals surface area contributed by atoms with Gasteiger partial charge in [-0.2, -0.15) is 4.98 Å². The molecule has 1 aliphatic rings. The van der Waals surface area contributed by atoms with Crippen molar-refractivity contribution in [3.05, 3.63) is 40.6 Å². The summed E-state index contributed by atoms with van der Waals surface area (Å²) < 4.78 is 11.2.